The molecule has 1 atom stereocenters. The molecule has 5 heteroatoms. The molecular formula is C19H13N3O2. The van der Waals surface area contributed by atoms with Gasteiger partial charge in [-0.25, -0.2) is 0 Å². The summed E-state index contributed by atoms with van der Waals surface area (Å²) in [5.74, 6) is 0.466. The zero-order valence-corrected chi connectivity index (χ0v) is 12.6. The summed E-state index contributed by atoms with van der Waals surface area (Å²) in [4.78, 5) is 4.15. The minimum absolute atomic E-state index is 0.0784. The van der Waals surface area contributed by atoms with Crippen LogP contribution in [0.15, 0.2) is 66.3 Å². The number of aromatic nitrogens is 1. The van der Waals surface area contributed by atoms with Crippen LogP contribution in [0.2, 0.25) is 0 Å². The lowest BCUT2D eigenvalue weighted by molar-refractivity contribution is 0.398. The number of nitriles is 1. The summed E-state index contributed by atoms with van der Waals surface area (Å²) < 4.78 is 5.76. The van der Waals surface area contributed by atoms with Gasteiger partial charge in [0.1, 0.15) is 23.1 Å². The van der Waals surface area contributed by atoms with Crippen LogP contribution in [-0.4, -0.2) is 10.1 Å². The molecular weight excluding hydrogens is 302 g/mol. The Balaban J connectivity index is 2.04. The molecule has 24 heavy (non-hydrogen) atoms. The molecule has 116 valence electrons. The van der Waals surface area contributed by atoms with Crippen molar-refractivity contribution in [2.24, 2.45) is 5.73 Å². The van der Waals surface area contributed by atoms with Gasteiger partial charge in [0, 0.05) is 28.7 Å². The Labute approximate surface area is 138 Å². The molecule has 4 rings (SSSR count). The SMILES string of the molecule is N#CC1=C(N)Oc2c(ccc3c(O)cccc23)[C@H]1c1cccnc1. The molecule has 0 unspecified atom stereocenters. The summed E-state index contributed by atoms with van der Waals surface area (Å²) >= 11 is 0. The molecule has 0 radical (unpaired) electrons. The molecule has 0 amide bonds. The van der Waals surface area contributed by atoms with Crippen molar-refractivity contribution in [3.8, 4) is 17.6 Å². The normalized spacial score (nSPS) is 16.4. The Morgan fingerprint density at radius 2 is 2.00 bits per heavy atom. The van der Waals surface area contributed by atoms with Crippen LogP contribution in [0.3, 0.4) is 0 Å². The molecule has 3 N–H and O–H groups in total. The van der Waals surface area contributed by atoms with Crippen LogP contribution in [0, 0.1) is 11.3 Å². The lowest BCUT2D eigenvalue weighted by Gasteiger charge is -2.27. The van der Waals surface area contributed by atoms with Crippen molar-refractivity contribution in [1.29, 1.82) is 5.26 Å². The highest BCUT2D eigenvalue weighted by Gasteiger charge is 2.31. The van der Waals surface area contributed by atoms with Gasteiger partial charge in [0.15, 0.2) is 0 Å². The third-order valence-corrected chi connectivity index (χ3v) is 4.23. The number of nitrogens with two attached hydrogens (primary N) is 1. The first-order chi connectivity index (χ1) is 11.7. The van der Waals surface area contributed by atoms with Crippen molar-refractivity contribution in [3.63, 3.8) is 0 Å². The van der Waals surface area contributed by atoms with Crippen molar-refractivity contribution >= 4 is 10.8 Å². The number of ether oxygens (including phenoxy) is 1. The van der Waals surface area contributed by atoms with E-state index in [9.17, 15) is 10.4 Å². The number of phenolic OH excluding ortho intramolecular Hbond substituents is 1. The third kappa shape index (κ3) is 1.97. The first kappa shape index (κ1) is 14.1. The van der Waals surface area contributed by atoms with Gasteiger partial charge in [-0.3, -0.25) is 4.98 Å². The van der Waals surface area contributed by atoms with Gasteiger partial charge in [-0.05, 0) is 17.7 Å². The lowest BCUT2D eigenvalue weighted by Crippen LogP contribution is -2.21. The van der Waals surface area contributed by atoms with Crippen LogP contribution in [0.1, 0.15) is 17.0 Å². The molecule has 0 bridgehead atoms. The summed E-state index contributed by atoms with van der Waals surface area (Å²) in [6.45, 7) is 0. The smallest absolute Gasteiger partial charge is 0.205 e. The van der Waals surface area contributed by atoms with E-state index in [0.717, 1.165) is 16.5 Å². The van der Waals surface area contributed by atoms with E-state index >= 15 is 0 Å². The van der Waals surface area contributed by atoms with E-state index in [-0.39, 0.29) is 17.6 Å². The maximum absolute atomic E-state index is 10.1. The number of benzene rings is 2. The Kier molecular flexibility index (Phi) is 3.10. The number of nitrogens with zero attached hydrogens (tertiary/aromatic N) is 2. The number of phenols is 1. The monoisotopic (exact) mass is 315 g/mol. The highest BCUT2D eigenvalue weighted by Crippen LogP contribution is 2.46. The van der Waals surface area contributed by atoms with Gasteiger partial charge in [-0.2, -0.15) is 5.26 Å². The molecule has 3 aromatic rings. The van der Waals surface area contributed by atoms with E-state index in [2.05, 4.69) is 11.1 Å². The molecule has 1 aromatic heterocycles. The molecule has 0 saturated carbocycles. The number of allylic oxidation sites excluding steroid dienone is 1. The van der Waals surface area contributed by atoms with Gasteiger partial charge in [0.2, 0.25) is 5.88 Å². The molecule has 1 aliphatic heterocycles. The fourth-order valence-electron chi connectivity index (χ4n) is 3.15. The Morgan fingerprint density at radius 3 is 2.75 bits per heavy atom. The van der Waals surface area contributed by atoms with Crippen molar-refractivity contribution in [2.75, 3.05) is 0 Å². The molecule has 2 aromatic carbocycles. The molecule has 0 aliphatic carbocycles. The average Bonchev–Trinajstić information content (AvgIpc) is 2.61. The predicted molar refractivity (Wildman–Crippen MR) is 89.1 cm³/mol. The standard InChI is InChI=1S/C19H13N3O2/c20-9-15-17(11-3-2-8-22-10-11)14-7-6-12-13(4-1-5-16(12)23)18(14)24-19(15)21/h1-8,10,17,23H,21H2/t17-/m1/s1. The topological polar surface area (TPSA) is 92.2 Å². The Bertz CT molecular complexity index is 1020. The second kappa shape index (κ2) is 5.28. The number of pyridine rings is 1. The molecule has 0 saturated heterocycles. The van der Waals surface area contributed by atoms with E-state index in [1.807, 2.05) is 30.3 Å². The van der Waals surface area contributed by atoms with Crippen LogP contribution in [0.5, 0.6) is 11.5 Å². The second-order valence-electron chi connectivity index (χ2n) is 5.57. The quantitative estimate of drug-likeness (QED) is 0.719. The van der Waals surface area contributed by atoms with E-state index in [0.29, 0.717) is 16.7 Å². The summed E-state index contributed by atoms with van der Waals surface area (Å²) in [5, 5.41) is 21.0. The average molecular weight is 315 g/mol. The number of fused-ring (bicyclic) bond motifs is 3. The van der Waals surface area contributed by atoms with Crippen LogP contribution < -0.4 is 10.5 Å². The number of aromatic hydroxyl groups is 1. The first-order valence-electron chi connectivity index (χ1n) is 7.43. The molecule has 5 nitrogen and oxygen atoms in total. The van der Waals surface area contributed by atoms with E-state index in [4.69, 9.17) is 10.5 Å². The van der Waals surface area contributed by atoms with Gasteiger partial charge in [0.05, 0.1) is 5.92 Å². The van der Waals surface area contributed by atoms with Gasteiger partial charge >= 0.3 is 0 Å². The van der Waals surface area contributed by atoms with Crippen molar-refractivity contribution in [3.05, 3.63) is 77.4 Å². The van der Waals surface area contributed by atoms with Gasteiger partial charge in [-0.15, -0.1) is 0 Å². The van der Waals surface area contributed by atoms with Crippen LogP contribution in [0.4, 0.5) is 0 Å². The number of hydrogen-bond acceptors (Lipinski definition) is 5. The lowest BCUT2D eigenvalue weighted by atomic mass is 9.83. The Hall–Kier alpha value is -3.52. The zero-order chi connectivity index (χ0) is 16.7. The molecule has 0 fully saturated rings. The predicted octanol–water partition coefficient (Wildman–Crippen LogP) is 3.16. The highest BCUT2D eigenvalue weighted by atomic mass is 16.5. The van der Waals surface area contributed by atoms with Crippen LogP contribution in [0.25, 0.3) is 10.8 Å². The van der Waals surface area contributed by atoms with Gasteiger partial charge < -0.3 is 15.6 Å². The van der Waals surface area contributed by atoms with Gasteiger partial charge in [0.25, 0.3) is 0 Å². The molecule has 0 spiro atoms. The maximum atomic E-state index is 10.1. The first-order valence-corrected chi connectivity index (χ1v) is 7.43. The minimum Gasteiger partial charge on any atom is -0.507 e. The third-order valence-electron chi connectivity index (χ3n) is 4.23. The van der Waals surface area contributed by atoms with Gasteiger partial charge in [-0.1, -0.05) is 30.3 Å². The fourth-order valence-corrected chi connectivity index (χ4v) is 3.15. The summed E-state index contributed by atoms with van der Waals surface area (Å²) in [5.41, 5.74) is 8.06. The van der Waals surface area contributed by atoms with Crippen molar-refractivity contribution < 1.29 is 9.84 Å². The summed E-state index contributed by atoms with van der Waals surface area (Å²) in [6, 6.07) is 14.8. The minimum atomic E-state index is -0.348. The summed E-state index contributed by atoms with van der Waals surface area (Å²) in [6.07, 6.45) is 3.40. The largest absolute Gasteiger partial charge is 0.507 e. The molecule has 2 heterocycles. The van der Waals surface area contributed by atoms with Crippen LogP contribution >= 0.6 is 0 Å². The van der Waals surface area contributed by atoms with Crippen molar-refractivity contribution in [2.45, 2.75) is 5.92 Å². The van der Waals surface area contributed by atoms with E-state index in [1.54, 1.807) is 24.5 Å². The van der Waals surface area contributed by atoms with Crippen molar-refractivity contribution in [1.82, 2.24) is 4.98 Å². The molecule has 1 aliphatic rings. The number of hydrogen-bond donors (Lipinski definition) is 2. The van der Waals surface area contributed by atoms with E-state index in [1.165, 1.54) is 0 Å². The van der Waals surface area contributed by atoms with E-state index < -0.39 is 0 Å². The fraction of sp³-hybridized carbons (Fsp3) is 0.0526. The summed E-state index contributed by atoms with van der Waals surface area (Å²) in [7, 11) is 0. The highest BCUT2D eigenvalue weighted by molar-refractivity contribution is 5.94. The Morgan fingerprint density at radius 1 is 1.12 bits per heavy atom. The van der Waals surface area contributed by atoms with Crippen LogP contribution in [-0.2, 0) is 0 Å². The number of rotatable bonds is 1. The maximum Gasteiger partial charge on any atom is 0.205 e. The zero-order valence-electron chi connectivity index (χ0n) is 12.6. The second-order valence-corrected chi connectivity index (χ2v) is 5.57.